The van der Waals surface area contributed by atoms with Gasteiger partial charge in [-0.1, -0.05) is 0 Å². The lowest BCUT2D eigenvalue weighted by atomic mass is 9.79. The van der Waals surface area contributed by atoms with Gasteiger partial charge >= 0.3 is 12.3 Å². The van der Waals surface area contributed by atoms with Crippen LogP contribution in [0.25, 0.3) is 0 Å². The number of alkyl halides is 5. The van der Waals surface area contributed by atoms with Crippen LogP contribution in [-0.2, 0) is 17.0 Å². The molecular formula is C23H21F9O2. The highest BCUT2D eigenvalue weighted by Gasteiger charge is 2.43. The van der Waals surface area contributed by atoms with E-state index in [1.165, 1.54) is 0 Å². The van der Waals surface area contributed by atoms with E-state index in [2.05, 4.69) is 4.74 Å². The van der Waals surface area contributed by atoms with Crippen molar-refractivity contribution in [2.75, 3.05) is 13.2 Å². The molecule has 0 radical (unpaired) electrons. The van der Waals surface area contributed by atoms with Gasteiger partial charge in [0.2, 0.25) is 0 Å². The van der Waals surface area contributed by atoms with Crippen molar-refractivity contribution in [3.63, 3.8) is 0 Å². The van der Waals surface area contributed by atoms with Gasteiger partial charge in [0.1, 0.15) is 40.1 Å². The normalized spacial score (nSPS) is 19.4. The van der Waals surface area contributed by atoms with Crippen LogP contribution in [0.15, 0.2) is 24.3 Å². The van der Waals surface area contributed by atoms with E-state index in [9.17, 15) is 39.5 Å². The molecule has 0 aliphatic heterocycles. The molecule has 1 saturated carbocycles. The van der Waals surface area contributed by atoms with Crippen molar-refractivity contribution in [2.24, 2.45) is 5.92 Å². The van der Waals surface area contributed by atoms with E-state index in [1.54, 1.807) is 0 Å². The van der Waals surface area contributed by atoms with E-state index < -0.39 is 52.4 Å². The molecule has 1 aliphatic rings. The first kappa shape index (κ1) is 26.2. The Labute approximate surface area is 189 Å². The number of hydrogen-bond acceptors (Lipinski definition) is 2. The van der Waals surface area contributed by atoms with Crippen LogP contribution >= 0.6 is 0 Å². The number of halogens is 9. The predicted octanol–water partition coefficient (Wildman–Crippen LogP) is 7.70. The van der Waals surface area contributed by atoms with Crippen molar-refractivity contribution in [1.82, 2.24) is 0 Å². The van der Waals surface area contributed by atoms with E-state index in [0.29, 0.717) is 32.0 Å². The fraction of sp³-hybridized carbons (Fsp3) is 0.478. The van der Waals surface area contributed by atoms with Crippen LogP contribution in [-0.4, -0.2) is 13.2 Å². The van der Waals surface area contributed by atoms with Crippen LogP contribution in [0.5, 0.6) is 5.75 Å². The summed E-state index contributed by atoms with van der Waals surface area (Å²) in [5.74, 6) is -9.06. The van der Waals surface area contributed by atoms with Crippen molar-refractivity contribution in [3.05, 3.63) is 64.2 Å². The van der Waals surface area contributed by atoms with Gasteiger partial charge in [0, 0.05) is 25.3 Å². The zero-order valence-corrected chi connectivity index (χ0v) is 17.9. The molecule has 2 aromatic rings. The van der Waals surface area contributed by atoms with Gasteiger partial charge in [-0.05, 0) is 62.1 Å². The maximum Gasteiger partial charge on any atom is 0.432 e. The molecule has 0 spiro atoms. The number of hydrogen-bond donors (Lipinski definition) is 0. The Bertz CT molecular complexity index is 966. The van der Waals surface area contributed by atoms with Crippen LogP contribution in [0.1, 0.15) is 55.2 Å². The molecule has 0 heterocycles. The van der Waals surface area contributed by atoms with Crippen LogP contribution in [0.3, 0.4) is 0 Å². The first-order valence-electron chi connectivity index (χ1n) is 10.5. The van der Waals surface area contributed by atoms with Gasteiger partial charge in [-0.25, -0.2) is 17.6 Å². The molecule has 0 aromatic heterocycles. The van der Waals surface area contributed by atoms with Crippen LogP contribution in [0, 0.1) is 29.2 Å². The smallest absolute Gasteiger partial charge is 0.429 e. The van der Waals surface area contributed by atoms with Gasteiger partial charge in [0.15, 0.2) is 0 Å². The van der Waals surface area contributed by atoms with Gasteiger partial charge in [-0.15, -0.1) is 0 Å². The zero-order chi connectivity index (χ0) is 25.3. The average molecular weight is 500 g/mol. The molecule has 0 saturated heterocycles. The molecule has 2 aromatic carbocycles. The third-order valence-electron chi connectivity index (χ3n) is 5.78. The minimum absolute atomic E-state index is 0.134. The van der Waals surface area contributed by atoms with Crippen molar-refractivity contribution >= 4 is 0 Å². The van der Waals surface area contributed by atoms with Gasteiger partial charge in [0.25, 0.3) is 0 Å². The van der Waals surface area contributed by atoms with Crippen molar-refractivity contribution in [2.45, 2.75) is 50.8 Å². The minimum Gasteiger partial charge on any atom is -0.429 e. The molecule has 3 rings (SSSR count). The average Bonchev–Trinajstić information content (AvgIpc) is 2.69. The van der Waals surface area contributed by atoms with E-state index >= 15 is 0 Å². The molecule has 0 N–H and O–H groups in total. The predicted molar refractivity (Wildman–Crippen MR) is 103 cm³/mol. The summed E-state index contributed by atoms with van der Waals surface area (Å²) < 4.78 is 133. The summed E-state index contributed by atoms with van der Waals surface area (Å²) >= 11 is 0. The van der Waals surface area contributed by atoms with E-state index in [1.807, 2.05) is 6.92 Å². The van der Waals surface area contributed by atoms with E-state index in [4.69, 9.17) is 4.74 Å². The fourth-order valence-corrected chi connectivity index (χ4v) is 4.13. The zero-order valence-electron chi connectivity index (χ0n) is 17.9. The molecule has 34 heavy (non-hydrogen) atoms. The quantitative estimate of drug-likeness (QED) is 0.363. The second kappa shape index (κ2) is 10.1. The monoisotopic (exact) mass is 500 g/mol. The summed E-state index contributed by atoms with van der Waals surface area (Å²) in [6.07, 6.45) is -7.56. The van der Waals surface area contributed by atoms with Crippen LogP contribution < -0.4 is 4.74 Å². The molecule has 0 atom stereocenters. The maximum absolute atomic E-state index is 14.6. The highest BCUT2D eigenvalue weighted by molar-refractivity contribution is 5.35. The Morgan fingerprint density at radius 1 is 0.765 bits per heavy atom. The van der Waals surface area contributed by atoms with Gasteiger partial charge in [-0.3, -0.25) is 0 Å². The standard InChI is InChI=1S/C23H21F9O2/c1-2-33-11-12-3-5-13(6-4-12)14-7-16(24)21(17(25)8-14)23(31,32)34-15-9-18(26)20(19(27)10-15)22(28,29)30/h7-10,12-13H,2-6,11H2,1H3. The van der Waals surface area contributed by atoms with Crippen molar-refractivity contribution in [3.8, 4) is 5.75 Å². The topological polar surface area (TPSA) is 18.5 Å². The summed E-state index contributed by atoms with van der Waals surface area (Å²) in [6.45, 7) is 3.00. The number of ether oxygens (including phenoxy) is 2. The highest BCUT2D eigenvalue weighted by atomic mass is 19.4. The molecule has 1 aliphatic carbocycles. The number of benzene rings is 2. The molecule has 188 valence electrons. The number of rotatable bonds is 7. The molecule has 0 amide bonds. The largest absolute Gasteiger partial charge is 0.432 e. The minimum atomic E-state index is -5.43. The Balaban J connectivity index is 1.81. The van der Waals surface area contributed by atoms with E-state index in [0.717, 1.165) is 25.0 Å². The first-order valence-corrected chi connectivity index (χ1v) is 10.5. The van der Waals surface area contributed by atoms with Crippen LogP contribution in [0.4, 0.5) is 39.5 Å². The Morgan fingerprint density at radius 3 is 1.74 bits per heavy atom. The fourth-order valence-electron chi connectivity index (χ4n) is 4.13. The van der Waals surface area contributed by atoms with Crippen molar-refractivity contribution in [1.29, 1.82) is 0 Å². The molecule has 1 fully saturated rings. The molecular weight excluding hydrogens is 479 g/mol. The first-order chi connectivity index (χ1) is 15.8. The third kappa shape index (κ3) is 5.79. The van der Waals surface area contributed by atoms with Crippen LogP contribution in [0.2, 0.25) is 0 Å². The molecule has 11 heteroatoms. The summed E-state index contributed by atoms with van der Waals surface area (Å²) in [5.41, 5.74) is -3.95. The molecule has 0 unspecified atom stereocenters. The lowest BCUT2D eigenvalue weighted by Gasteiger charge is -2.29. The summed E-state index contributed by atoms with van der Waals surface area (Å²) in [5, 5.41) is 0. The Morgan fingerprint density at radius 2 is 1.26 bits per heavy atom. The lowest BCUT2D eigenvalue weighted by molar-refractivity contribution is -0.189. The third-order valence-corrected chi connectivity index (χ3v) is 5.78. The summed E-state index contributed by atoms with van der Waals surface area (Å²) in [6, 6.07) is 1.23. The molecule has 2 nitrogen and oxygen atoms in total. The highest BCUT2D eigenvalue weighted by Crippen LogP contribution is 2.41. The van der Waals surface area contributed by atoms with E-state index in [-0.39, 0.29) is 23.6 Å². The molecule has 0 bridgehead atoms. The van der Waals surface area contributed by atoms with Gasteiger partial charge < -0.3 is 9.47 Å². The maximum atomic E-state index is 14.6. The SMILES string of the molecule is CCOCC1CCC(c2cc(F)c(C(F)(F)Oc3cc(F)c(C(F)(F)F)c(F)c3)c(F)c2)CC1. The lowest BCUT2D eigenvalue weighted by Crippen LogP contribution is -2.26. The second-order valence-corrected chi connectivity index (χ2v) is 8.12. The summed E-state index contributed by atoms with van der Waals surface area (Å²) in [4.78, 5) is 0. The Kier molecular flexibility index (Phi) is 7.74. The second-order valence-electron chi connectivity index (χ2n) is 8.12. The summed E-state index contributed by atoms with van der Waals surface area (Å²) in [7, 11) is 0. The van der Waals surface area contributed by atoms with Crippen molar-refractivity contribution < 1.29 is 49.0 Å². The van der Waals surface area contributed by atoms with Gasteiger partial charge in [0.05, 0.1) is 0 Å². The van der Waals surface area contributed by atoms with Gasteiger partial charge in [-0.2, -0.15) is 22.0 Å². The Hall–Kier alpha value is -2.43.